The fourth-order valence-electron chi connectivity index (χ4n) is 3.66. The number of carbonyl (C=O) groups is 2. The van der Waals surface area contributed by atoms with Crippen molar-refractivity contribution in [1.29, 1.82) is 0 Å². The van der Waals surface area contributed by atoms with E-state index in [0.717, 1.165) is 27.5 Å². The first-order chi connectivity index (χ1) is 16.0. The number of aromatic nitrogens is 4. The predicted molar refractivity (Wildman–Crippen MR) is 128 cm³/mol. The molecule has 0 spiro atoms. The first kappa shape index (κ1) is 22.7. The Morgan fingerprint density at radius 2 is 1.88 bits per heavy atom. The highest BCUT2D eigenvalue weighted by molar-refractivity contribution is 7.99. The minimum Gasteiger partial charge on any atom is -0.466 e. The van der Waals surface area contributed by atoms with Crippen molar-refractivity contribution < 1.29 is 14.3 Å². The largest absolute Gasteiger partial charge is 0.466 e. The third-order valence-electron chi connectivity index (χ3n) is 5.31. The molecular weight excluding hydrogens is 438 g/mol. The zero-order valence-electron chi connectivity index (χ0n) is 18.7. The van der Waals surface area contributed by atoms with E-state index in [4.69, 9.17) is 4.74 Å². The lowest BCUT2D eigenvalue weighted by Crippen LogP contribution is -2.32. The van der Waals surface area contributed by atoms with Crippen molar-refractivity contribution in [1.82, 2.24) is 25.1 Å². The quantitative estimate of drug-likeness (QED) is 0.314. The van der Waals surface area contributed by atoms with Gasteiger partial charge in [-0.3, -0.25) is 9.59 Å². The van der Waals surface area contributed by atoms with Crippen molar-refractivity contribution in [3.8, 4) is 0 Å². The minimum absolute atomic E-state index is 0.0628. The Morgan fingerprint density at radius 3 is 2.64 bits per heavy atom. The number of rotatable bonds is 8. The van der Waals surface area contributed by atoms with E-state index in [1.54, 1.807) is 6.92 Å². The van der Waals surface area contributed by atoms with Crippen molar-refractivity contribution >= 4 is 45.7 Å². The average molecular weight is 464 g/mol. The number of ether oxygens (including phenoxy) is 1. The summed E-state index contributed by atoms with van der Waals surface area (Å²) in [6.45, 7) is 4.04. The second kappa shape index (κ2) is 9.99. The maximum Gasteiger partial charge on any atom is 0.308 e. The fraction of sp³-hybridized carbons (Fsp3) is 0.292. The van der Waals surface area contributed by atoms with Crippen LogP contribution in [0.5, 0.6) is 0 Å². The molecular formula is C24H25N5O3S. The molecule has 0 saturated carbocycles. The maximum absolute atomic E-state index is 12.7. The lowest BCUT2D eigenvalue weighted by atomic mass is 10.0. The standard InChI is InChI=1S/C24H25N5O3S/c1-4-32-21(31)13-18(16-11-9-15(2)10-12-16)25-20(30)14-33-24-26-23-22(27-28-24)17-7-5-6-8-19(17)29(23)3/h5-12,18H,4,13-14H2,1-3H3,(H,25,30). The summed E-state index contributed by atoms with van der Waals surface area (Å²) in [5, 5.41) is 12.9. The average Bonchev–Trinajstić information content (AvgIpc) is 3.10. The summed E-state index contributed by atoms with van der Waals surface area (Å²) in [5.41, 5.74) is 4.42. The van der Waals surface area contributed by atoms with Gasteiger partial charge in [0.15, 0.2) is 5.65 Å². The molecule has 0 aliphatic rings. The number of carbonyl (C=O) groups excluding carboxylic acids is 2. The van der Waals surface area contributed by atoms with Gasteiger partial charge in [-0.1, -0.05) is 59.8 Å². The third kappa shape index (κ3) is 5.14. The molecule has 1 amide bonds. The van der Waals surface area contributed by atoms with Gasteiger partial charge < -0.3 is 14.6 Å². The third-order valence-corrected chi connectivity index (χ3v) is 6.15. The van der Waals surface area contributed by atoms with Gasteiger partial charge in [-0.15, -0.1) is 10.2 Å². The van der Waals surface area contributed by atoms with Crippen molar-refractivity contribution in [2.24, 2.45) is 7.05 Å². The number of fused-ring (bicyclic) bond motifs is 3. The van der Waals surface area contributed by atoms with Crippen LogP contribution in [0.2, 0.25) is 0 Å². The molecule has 8 nitrogen and oxygen atoms in total. The molecule has 9 heteroatoms. The Bertz CT molecular complexity index is 1300. The number of nitrogens with one attached hydrogen (secondary N) is 1. The summed E-state index contributed by atoms with van der Waals surface area (Å²) in [6.07, 6.45) is 0.0628. The van der Waals surface area contributed by atoms with E-state index < -0.39 is 6.04 Å². The first-order valence-corrected chi connectivity index (χ1v) is 11.7. The van der Waals surface area contributed by atoms with Crippen LogP contribution in [-0.2, 0) is 21.4 Å². The highest BCUT2D eigenvalue weighted by Gasteiger charge is 2.20. The number of nitrogens with zero attached hydrogens (tertiary/aromatic N) is 4. The molecule has 170 valence electrons. The summed E-state index contributed by atoms with van der Waals surface area (Å²) in [6, 6.07) is 15.2. The molecule has 2 heterocycles. The molecule has 2 aromatic heterocycles. The van der Waals surface area contributed by atoms with Gasteiger partial charge in [-0.2, -0.15) is 0 Å². The van der Waals surface area contributed by atoms with Crippen LogP contribution in [-0.4, -0.2) is 44.0 Å². The Labute approximate surface area is 195 Å². The summed E-state index contributed by atoms with van der Waals surface area (Å²) < 4.78 is 7.05. The smallest absolute Gasteiger partial charge is 0.308 e. The number of hydrogen-bond acceptors (Lipinski definition) is 7. The molecule has 2 aromatic carbocycles. The normalized spacial score (nSPS) is 12.1. The maximum atomic E-state index is 12.7. The van der Waals surface area contributed by atoms with E-state index in [2.05, 4.69) is 20.5 Å². The van der Waals surface area contributed by atoms with Gasteiger partial charge in [0.2, 0.25) is 11.1 Å². The van der Waals surface area contributed by atoms with E-state index >= 15 is 0 Å². The van der Waals surface area contributed by atoms with Gasteiger partial charge >= 0.3 is 5.97 Å². The van der Waals surface area contributed by atoms with Gasteiger partial charge in [-0.25, -0.2) is 4.98 Å². The zero-order valence-corrected chi connectivity index (χ0v) is 19.6. The van der Waals surface area contributed by atoms with Crippen molar-refractivity contribution in [2.45, 2.75) is 31.5 Å². The SMILES string of the molecule is CCOC(=O)CC(NC(=O)CSc1nnc2c3ccccc3n(C)c2n1)c1ccc(C)cc1. The number of esters is 1. The molecule has 0 aliphatic heterocycles. The number of aryl methyl sites for hydroxylation is 2. The van der Waals surface area contributed by atoms with Gasteiger partial charge in [0.1, 0.15) is 5.52 Å². The lowest BCUT2D eigenvalue weighted by molar-refractivity contribution is -0.143. The highest BCUT2D eigenvalue weighted by atomic mass is 32.2. The summed E-state index contributed by atoms with van der Waals surface area (Å²) >= 11 is 1.20. The van der Waals surface area contributed by atoms with Crippen molar-refractivity contribution in [3.05, 3.63) is 59.7 Å². The molecule has 0 fully saturated rings. The molecule has 1 atom stereocenters. The number of hydrogen-bond donors (Lipinski definition) is 1. The van der Waals surface area contributed by atoms with Crippen LogP contribution in [0.3, 0.4) is 0 Å². The number of benzene rings is 2. The Kier molecular flexibility index (Phi) is 6.88. The van der Waals surface area contributed by atoms with Gasteiger partial charge in [-0.05, 0) is 25.5 Å². The highest BCUT2D eigenvalue weighted by Crippen LogP contribution is 2.26. The molecule has 0 aliphatic carbocycles. The number of para-hydroxylation sites is 1. The fourth-order valence-corrected chi connectivity index (χ4v) is 4.25. The molecule has 0 radical (unpaired) electrons. The number of amides is 1. The predicted octanol–water partition coefficient (Wildman–Crippen LogP) is 3.73. The molecule has 33 heavy (non-hydrogen) atoms. The lowest BCUT2D eigenvalue weighted by Gasteiger charge is -2.18. The molecule has 0 saturated heterocycles. The van der Waals surface area contributed by atoms with Crippen LogP contribution in [0, 0.1) is 6.92 Å². The van der Waals surface area contributed by atoms with Crippen LogP contribution < -0.4 is 5.32 Å². The zero-order chi connectivity index (χ0) is 23.4. The second-order valence-corrected chi connectivity index (χ2v) is 8.61. The summed E-state index contributed by atoms with van der Waals surface area (Å²) in [4.78, 5) is 29.4. The summed E-state index contributed by atoms with van der Waals surface area (Å²) in [5.74, 6) is -0.483. The molecule has 1 unspecified atom stereocenters. The molecule has 1 N–H and O–H groups in total. The Balaban J connectivity index is 1.46. The van der Waals surface area contributed by atoms with Gasteiger partial charge in [0, 0.05) is 12.4 Å². The molecule has 4 rings (SSSR count). The first-order valence-electron chi connectivity index (χ1n) is 10.7. The van der Waals surface area contributed by atoms with Gasteiger partial charge in [0.25, 0.3) is 0 Å². The van der Waals surface area contributed by atoms with Gasteiger partial charge in [0.05, 0.1) is 30.3 Å². The van der Waals surface area contributed by atoms with Crippen molar-refractivity contribution in [2.75, 3.05) is 12.4 Å². The topological polar surface area (TPSA) is 99.0 Å². The van der Waals surface area contributed by atoms with E-state index in [9.17, 15) is 9.59 Å². The monoisotopic (exact) mass is 463 g/mol. The van der Waals surface area contributed by atoms with Crippen LogP contribution in [0.4, 0.5) is 0 Å². The molecule has 4 aromatic rings. The van der Waals surface area contributed by atoms with Crippen LogP contribution in [0.1, 0.15) is 30.5 Å². The van der Waals surface area contributed by atoms with E-state index in [1.165, 1.54) is 11.8 Å². The van der Waals surface area contributed by atoms with E-state index in [-0.39, 0.29) is 24.1 Å². The Morgan fingerprint density at radius 1 is 1.12 bits per heavy atom. The van der Waals surface area contributed by atoms with E-state index in [1.807, 2.05) is 67.1 Å². The minimum atomic E-state index is -0.475. The molecule has 0 bridgehead atoms. The second-order valence-electron chi connectivity index (χ2n) is 7.67. The van der Waals surface area contributed by atoms with Crippen LogP contribution in [0.25, 0.3) is 22.1 Å². The summed E-state index contributed by atoms with van der Waals surface area (Å²) in [7, 11) is 1.93. The van der Waals surface area contributed by atoms with E-state index in [0.29, 0.717) is 17.4 Å². The Hall–Kier alpha value is -3.46. The van der Waals surface area contributed by atoms with Crippen LogP contribution in [0.15, 0.2) is 53.7 Å². The van der Waals surface area contributed by atoms with Crippen molar-refractivity contribution in [3.63, 3.8) is 0 Å². The van der Waals surface area contributed by atoms with Crippen LogP contribution >= 0.6 is 11.8 Å². The number of thioether (sulfide) groups is 1.